The molecule has 0 heterocycles. The number of carbonyl (C=O) groups is 1. The lowest BCUT2D eigenvalue weighted by molar-refractivity contribution is -0.120. The Morgan fingerprint density at radius 3 is 2.62 bits per heavy atom. The van der Waals surface area contributed by atoms with Crippen molar-refractivity contribution >= 4 is 11.9 Å². The van der Waals surface area contributed by atoms with E-state index in [4.69, 9.17) is 5.84 Å². The van der Waals surface area contributed by atoms with Gasteiger partial charge in [-0.25, -0.2) is 5.84 Å². The van der Waals surface area contributed by atoms with Crippen LogP contribution in [0, 0.1) is 0 Å². The molecule has 0 spiro atoms. The summed E-state index contributed by atoms with van der Waals surface area (Å²) in [5.41, 5.74) is 2.36. The highest BCUT2D eigenvalue weighted by atomic mass is 16.1. The van der Waals surface area contributed by atoms with Crippen molar-refractivity contribution < 1.29 is 4.79 Å². The van der Waals surface area contributed by atoms with Crippen LogP contribution in [0.4, 0.5) is 0 Å². The predicted octanol–water partition coefficient (Wildman–Crippen LogP) is -1.45. The first-order valence-electron chi connectivity index (χ1n) is 4.18. The summed E-state index contributed by atoms with van der Waals surface area (Å²) in [5, 5.41) is 5.55. The summed E-state index contributed by atoms with van der Waals surface area (Å²) in [7, 11) is 1.61. The van der Waals surface area contributed by atoms with Crippen molar-refractivity contribution in [1.29, 1.82) is 0 Å². The third-order valence-corrected chi connectivity index (χ3v) is 1.38. The molecule has 5 N–H and O–H groups in total. The first-order chi connectivity index (χ1) is 6.24. The molecule has 0 aliphatic heterocycles. The molecule has 0 aromatic carbocycles. The molecule has 0 radical (unpaired) electrons. The van der Waals surface area contributed by atoms with E-state index < -0.39 is 0 Å². The molecule has 0 fully saturated rings. The van der Waals surface area contributed by atoms with Crippen molar-refractivity contribution in [3.8, 4) is 0 Å². The maximum absolute atomic E-state index is 11.0. The Hall–Kier alpha value is -1.30. The predicted molar refractivity (Wildman–Crippen MR) is 52.0 cm³/mol. The van der Waals surface area contributed by atoms with Crippen molar-refractivity contribution in [2.24, 2.45) is 10.8 Å². The fraction of sp³-hybridized carbons (Fsp3) is 0.714. The van der Waals surface area contributed by atoms with Gasteiger partial charge in [-0.3, -0.25) is 15.2 Å². The number of nitrogens with one attached hydrogen (secondary N) is 3. The zero-order valence-corrected chi connectivity index (χ0v) is 8.05. The van der Waals surface area contributed by atoms with Crippen LogP contribution < -0.4 is 21.9 Å². The Morgan fingerprint density at radius 2 is 2.15 bits per heavy atom. The number of nitrogens with zero attached hydrogens (tertiary/aromatic N) is 1. The number of rotatable bonds is 4. The Morgan fingerprint density at radius 1 is 1.46 bits per heavy atom. The van der Waals surface area contributed by atoms with Gasteiger partial charge in [0.25, 0.3) is 0 Å². The standard InChI is InChI=1S/C7H17N5O/c1-3-10-6(13)4-5-11-7(9-2)12-8/h3-5,8H2,1-2H3,(H,10,13)(H2,9,11,12). The maximum Gasteiger partial charge on any atom is 0.221 e. The number of aliphatic imine (C=N–C) groups is 1. The highest BCUT2D eigenvalue weighted by Crippen LogP contribution is 1.76. The van der Waals surface area contributed by atoms with Crippen LogP contribution in [-0.4, -0.2) is 32.0 Å². The van der Waals surface area contributed by atoms with Crippen molar-refractivity contribution in [1.82, 2.24) is 16.1 Å². The molecule has 1 amide bonds. The minimum absolute atomic E-state index is 0.0162. The second-order valence-electron chi connectivity index (χ2n) is 2.35. The number of nitrogens with two attached hydrogens (primary N) is 1. The summed E-state index contributed by atoms with van der Waals surface area (Å²) in [6.07, 6.45) is 0.411. The molecule has 0 aliphatic rings. The quantitative estimate of drug-likeness (QED) is 0.187. The maximum atomic E-state index is 11.0. The van der Waals surface area contributed by atoms with Crippen molar-refractivity contribution in [3.05, 3.63) is 0 Å². The second-order valence-corrected chi connectivity index (χ2v) is 2.35. The van der Waals surface area contributed by atoms with Crippen LogP contribution in [0.25, 0.3) is 0 Å². The lowest BCUT2D eigenvalue weighted by atomic mass is 10.4. The largest absolute Gasteiger partial charge is 0.356 e. The fourth-order valence-electron chi connectivity index (χ4n) is 0.775. The van der Waals surface area contributed by atoms with E-state index in [0.29, 0.717) is 25.5 Å². The Balaban J connectivity index is 3.49. The Labute approximate surface area is 77.9 Å². The number of carbonyl (C=O) groups excluding carboxylic acids is 1. The highest BCUT2D eigenvalue weighted by molar-refractivity contribution is 5.80. The SMILES string of the molecule is CCNC(=O)CCNC(=NC)NN. The van der Waals surface area contributed by atoms with Crippen LogP contribution in [0.15, 0.2) is 4.99 Å². The number of hydrogen-bond acceptors (Lipinski definition) is 3. The van der Waals surface area contributed by atoms with Crippen molar-refractivity contribution in [2.75, 3.05) is 20.1 Å². The van der Waals surface area contributed by atoms with E-state index in [-0.39, 0.29) is 5.91 Å². The summed E-state index contributed by atoms with van der Waals surface area (Å²) in [4.78, 5) is 14.7. The van der Waals surface area contributed by atoms with Gasteiger partial charge in [0.15, 0.2) is 0 Å². The average molecular weight is 187 g/mol. The zero-order valence-electron chi connectivity index (χ0n) is 8.05. The van der Waals surface area contributed by atoms with Gasteiger partial charge in [0.05, 0.1) is 0 Å². The third kappa shape index (κ3) is 5.92. The van der Waals surface area contributed by atoms with Gasteiger partial charge in [0, 0.05) is 26.6 Å². The van der Waals surface area contributed by atoms with Crippen LogP contribution in [-0.2, 0) is 4.79 Å². The van der Waals surface area contributed by atoms with Gasteiger partial charge in [-0.1, -0.05) is 0 Å². The van der Waals surface area contributed by atoms with Crippen LogP contribution in [0.5, 0.6) is 0 Å². The first-order valence-corrected chi connectivity index (χ1v) is 4.18. The van der Waals surface area contributed by atoms with E-state index in [2.05, 4.69) is 21.1 Å². The molecule has 0 unspecified atom stereocenters. The van der Waals surface area contributed by atoms with Gasteiger partial charge in [0.2, 0.25) is 11.9 Å². The molecule has 0 aliphatic carbocycles. The smallest absolute Gasteiger partial charge is 0.221 e. The Bertz CT molecular complexity index is 180. The van der Waals surface area contributed by atoms with Gasteiger partial charge >= 0.3 is 0 Å². The molecule has 0 saturated carbocycles. The van der Waals surface area contributed by atoms with Gasteiger partial charge in [-0.2, -0.15) is 0 Å². The monoisotopic (exact) mass is 187 g/mol. The van der Waals surface area contributed by atoms with Crippen molar-refractivity contribution in [2.45, 2.75) is 13.3 Å². The Kier molecular flexibility index (Phi) is 6.62. The van der Waals surface area contributed by atoms with E-state index in [9.17, 15) is 4.79 Å². The molecule has 0 aromatic heterocycles. The molecule has 0 saturated heterocycles. The van der Waals surface area contributed by atoms with Crippen LogP contribution >= 0.6 is 0 Å². The number of hydrazine groups is 1. The normalized spacial score (nSPS) is 10.8. The molecule has 0 rings (SSSR count). The highest BCUT2D eigenvalue weighted by Gasteiger charge is 1.99. The first kappa shape index (κ1) is 11.7. The van der Waals surface area contributed by atoms with Gasteiger partial charge in [-0.05, 0) is 6.92 Å². The summed E-state index contributed by atoms with van der Waals surface area (Å²) < 4.78 is 0. The lowest BCUT2D eigenvalue weighted by Crippen LogP contribution is -2.42. The lowest BCUT2D eigenvalue weighted by Gasteiger charge is -2.07. The third-order valence-electron chi connectivity index (χ3n) is 1.38. The van der Waals surface area contributed by atoms with Gasteiger partial charge in [0.1, 0.15) is 0 Å². The van der Waals surface area contributed by atoms with E-state index >= 15 is 0 Å². The topological polar surface area (TPSA) is 91.5 Å². The minimum Gasteiger partial charge on any atom is -0.356 e. The van der Waals surface area contributed by atoms with E-state index in [1.54, 1.807) is 7.05 Å². The molecule has 6 nitrogen and oxygen atoms in total. The summed E-state index contributed by atoms with van der Waals surface area (Å²) in [5.74, 6) is 5.61. The fourth-order valence-corrected chi connectivity index (χ4v) is 0.775. The molecule has 6 heteroatoms. The molecule has 0 aromatic rings. The minimum atomic E-state index is 0.0162. The number of guanidine groups is 1. The molecular formula is C7H17N5O. The summed E-state index contributed by atoms with van der Waals surface area (Å²) in [6.45, 7) is 3.05. The van der Waals surface area contributed by atoms with E-state index in [1.807, 2.05) is 6.92 Å². The van der Waals surface area contributed by atoms with Crippen molar-refractivity contribution in [3.63, 3.8) is 0 Å². The average Bonchev–Trinajstić information content (AvgIpc) is 2.13. The van der Waals surface area contributed by atoms with E-state index in [0.717, 1.165) is 0 Å². The van der Waals surface area contributed by atoms with Gasteiger partial charge < -0.3 is 10.6 Å². The summed E-state index contributed by atoms with van der Waals surface area (Å²) in [6, 6.07) is 0. The number of amides is 1. The van der Waals surface area contributed by atoms with E-state index in [1.165, 1.54) is 0 Å². The molecule has 0 bridgehead atoms. The second kappa shape index (κ2) is 7.35. The molecule has 0 atom stereocenters. The number of hydrogen-bond donors (Lipinski definition) is 4. The van der Waals surface area contributed by atoms with Crippen LogP contribution in [0.2, 0.25) is 0 Å². The zero-order chi connectivity index (χ0) is 10.1. The molecule has 13 heavy (non-hydrogen) atoms. The van der Waals surface area contributed by atoms with Crippen LogP contribution in [0.3, 0.4) is 0 Å². The van der Waals surface area contributed by atoms with Crippen LogP contribution in [0.1, 0.15) is 13.3 Å². The summed E-state index contributed by atoms with van der Waals surface area (Å²) >= 11 is 0. The molecule has 76 valence electrons. The van der Waals surface area contributed by atoms with Gasteiger partial charge in [-0.15, -0.1) is 0 Å². The molecular weight excluding hydrogens is 170 g/mol.